The van der Waals surface area contributed by atoms with Gasteiger partial charge in [-0.1, -0.05) is 48.5 Å². The number of benzene rings is 2. The number of likely N-dealkylation sites (tertiary alicyclic amines) is 1. The van der Waals surface area contributed by atoms with Gasteiger partial charge >= 0.3 is 11.9 Å². The van der Waals surface area contributed by atoms with Gasteiger partial charge < -0.3 is 31.5 Å². The monoisotopic (exact) mass is 495 g/mol. The molecule has 10 heteroatoms. The zero-order valence-corrected chi connectivity index (χ0v) is 20.5. The number of hydrogen-bond acceptors (Lipinski definition) is 6. The van der Waals surface area contributed by atoms with E-state index in [4.69, 9.17) is 16.2 Å². The maximum Gasteiger partial charge on any atom is 0.331 e. The molecule has 1 saturated heterocycles. The Balaban J connectivity index is 1.74. The number of amides is 1. The predicted molar refractivity (Wildman–Crippen MR) is 136 cm³/mol. The molecule has 2 aromatic carbocycles. The van der Waals surface area contributed by atoms with Crippen LogP contribution in [0.3, 0.4) is 0 Å². The number of piperidine rings is 1. The van der Waals surface area contributed by atoms with E-state index in [0.717, 1.165) is 5.56 Å². The highest BCUT2D eigenvalue weighted by Gasteiger charge is 2.45. The van der Waals surface area contributed by atoms with Crippen LogP contribution in [0.25, 0.3) is 0 Å². The third-order valence-corrected chi connectivity index (χ3v) is 6.64. The Morgan fingerprint density at radius 3 is 2.28 bits per heavy atom. The molecule has 0 saturated carbocycles. The van der Waals surface area contributed by atoms with Gasteiger partial charge in [-0.3, -0.25) is 9.59 Å². The van der Waals surface area contributed by atoms with Crippen molar-refractivity contribution in [3.8, 4) is 0 Å². The molecule has 36 heavy (non-hydrogen) atoms. The van der Waals surface area contributed by atoms with Crippen LogP contribution in [-0.2, 0) is 19.1 Å². The maximum absolute atomic E-state index is 13.3. The van der Waals surface area contributed by atoms with Crippen molar-refractivity contribution in [2.45, 2.75) is 37.1 Å². The number of carbonyl (C=O) groups is 3. The normalized spacial score (nSPS) is 16.8. The minimum Gasteiger partial charge on any atom is -0.481 e. The lowest BCUT2D eigenvalue weighted by Crippen LogP contribution is -2.61. The second kappa shape index (κ2) is 11.7. The SMILES string of the molecule is COC(=O)C1(NC(=O)C(C)c2ccccc2N=C(N)N)CCN(CC(C(=O)O)c2ccccc2)CC1. The minimum absolute atomic E-state index is 0.122. The molecule has 2 aromatic rings. The number of rotatable bonds is 9. The molecule has 1 aliphatic heterocycles. The van der Waals surface area contributed by atoms with Crippen LogP contribution in [0.15, 0.2) is 59.6 Å². The summed E-state index contributed by atoms with van der Waals surface area (Å²) in [7, 11) is 1.29. The van der Waals surface area contributed by atoms with Crippen LogP contribution in [0.4, 0.5) is 5.69 Å². The lowest BCUT2D eigenvalue weighted by atomic mass is 9.85. The number of para-hydroxylation sites is 1. The molecule has 6 N–H and O–H groups in total. The maximum atomic E-state index is 13.3. The molecule has 2 atom stereocenters. The van der Waals surface area contributed by atoms with Gasteiger partial charge in [-0.2, -0.15) is 0 Å². The number of aliphatic imine (C=N–C) groups is 1. The first kappa shape index (κ1) is 26.7. The van der Waals surface area contributed by atoms with Crippen LogP contribution >= 0.6 is 0 Å². The van der Waals surface area contributed by atoms with E-state index in [1.165, 1.54) is 7.11 Å². The summed E-state index contributed by atoms with van der Waals surface area (Å²) in [5.74, 6) is -3.26. The van der Waals surface area contributed by atoms with Gasteiger partial charge in [0.2, 0.25) is 5.91 Å². The Bertz CT molecular complexity index is 1110. The Kier molecular flexibility index (Phi) is 8.65. The number of aliphatic carboxylic acids is 1. The number of carboxylic acid groups (broad SMARTS) is 1. The summed E-state index contributed by atoms with van der Waals surface area (Å²) in [4.78, 5) is 44.2. The van der Waals surface area contributed by atoms with Crippen LogP contribution < -0.4 is 16.8 Å². The third kappa shape index (κ3) is 6.19. The van der Waals surface area contributed by atoms with E-state index < -0.39 is 29.3 Å². The fourth-order valence-corrected chi connectivity index (χ4v) is 4.54. The molecule has 10 nitrogen and oxygen atoms in total. The Morgan fingerprint density at radius 1 is 1.08 bits per heavy atom. The quantitative estimate of drug-likeness (QED) is 0.232. The first-order valence-corrected chi connectivity index (χ1v) is 11.8. The number of nitrogens with zero attached hydrogens (tertiary/aromatic N) is 2. The lowest BCUT2D eigenvalue weighted by molar-refractivity contribution is -0.154. The summed E-state index contributed by atoms with van der Waals surface area (Å²) in [6.45, 7) is 2.86. The summed E-state index contributed by atoms with van der Waals surface area (Å²) < 4.78 is 5.06. The van der Waals surface area contributed by atoms with Crippen molar-refractivity contribution in [2.75, 3.05) is 26.7 Å². The van der Waals surface area contributed by atoms with Gasteiger partial charge in [0.25, 0.3) is 0 Å². The molecular weight excluding hydrogens is 462 g/mol. The van der Waals surface area contributed by atoms with Gasteiger partial charge in [-0.25, -0.2) is 9.79 Å². The minimum atomic E-state index is -1.22. The lowest BCUT2D eigenvalue weighted by Gasteiger charge is -2.41. The van der Waals surface area contributed by atoms with Crippen molar-refractivity contribution in [3.63, 3.8) is 0 Å². The summed E-state index contributed by atoms with van der Waals surface area (Å²) in [6, 6.07) is 16.1. The molecule has 192 valence electrons. The Morgan fingerprint density at radius 2 is 1.69 bits per heavy atom. The first-order chi connectivity index (χ1) is 17.2. The van der Waals surface area contributed by atoms with Gasteiger partial charge in [0.05, 0.1) is 24.6 Å². The highest BCUT2D eigenvalue weighted by Crippen LogP contribution is 2.30. The molecule has 0 aliphatic carbocycles. The van der Waals surface area contributed by atoms with Gasteiger partial charge in [-0.15, -0.1) is 0 Å². The van der Waals surface area contributed by atoms with E-state index in [2.05, 4.69) is 10.3 Å². The van der Waals surface area contributed by atoms with Crippen LogP contribution in [-0.4, -0.2) is 66.1 Å². The van der Waals surface area contributed by atoms with Crippen LogP contribution in [0.1, 0.15) is 42.7 Å². The van der Waals surface area contributed by atoms with Crippen molar-refractivity contribution in [1.82, 2.24) is 10.2 Å². The fraction of sp³-hybridized carbons (Fsp3) is 0.385. The number of nitrogens with one attached hydrogen (secondary N) is 1. The van der Waals surface area contributed by atoms with Crippen molar-refractivity contribution < 1.29 is 24.2 Å². The molecule has 0 bridgehead atoms. The molecule has 2 unspecified atom stereocenters. The third-order valence-electron chi connectivity index (χ3n) is 6.64. The molecule has 0 spiro atoms. The summed E-state index contributed by atoms with van der Waals surface area (Å²) in [5.41, 5.74) is 11.6. The second-order valence-electron chi connectivity index (χ2n) is 8.98. The molecule has 0 radical (unpaired) electrons. The van der Waals surface area contributed by atoms with Crippen molar-refractivity contribution in [1.29, 1.82) is 0 Å². The summed E-state index contributed by atoms with van der Waals surface area (Å²) in [5, 5.41) is 12.7. The Hall–Kier alpha value is -3.92. The molecular formula is C26H33N5O5. The topological polar surface area (TPSA) is 160 Å². The number of esters is 1. The second-order valence-corrected chi connectivity index (χ2v) is 8.98. The van der Waals surface area contributed by atoms with E-state index in [1.54, 1.807) is 43.3 Å². The van der Waals surface area contributed by atoms with Gasteiger partial charge in [0.1, 0.15) is 5.54 Å². The van der Waals surface area contributed by atoms with E-state index in [0.29, 0.717) is 30.9 Å². The average molecular weight is 496 g/mol. The van der Waals surface area contributed by atoms with E-state index in [-0.39, 0.29) is 24.7 Å². The first-order valence-electron chi connectivity index (χ1n) is 11.8. The number of carbonyl (C=O) groups excluding carboxylic acids is 2. The zero-order valence-electron chi connectivity index (χ0n) is 20.5. The largest absolute Gasteiger partial charge is 0.481 e. The number of carboxylic acids is 1. The van der Waals surface area contributed by atoms with Crippen LogP contribution in [0.5, 0.6) is 0 Å². The average Bonchev–Trinajstić information content (AvgIpc) is 2.87. The smallest absolute Gasteiger partial charge is 0.331 e. The zero-order chi connectivity index (χ0) is 26.3. The molecule has 1 heterocycles. The van der Waals surface area contributed by atoms with E-state index in [9.17, 15) is 19.5 Å². The van der Waals surface area contributed by atoms with Crippen LogP contribution in [0, 0.1) is 0 Å². The number of methoxy groups -OCH3 is 1. The van der Waals surface area contributed by atoms with Crippen molar-refractivity contribution in [2.24, 2.45) is 16.5 Å². The van der Waals surface area contributed by atoms with Crippen LogP contribution in [0.2, 0.25) is 0 Å². The van der Waals surface area contributed by atoms with Gasteiger partial charge in [0, 0.05) is 19.6 Å². The number of guanidine groups is 1. The summed E-state index contributed by atoms with van der Waals surface area (Å²) >= 11 is 0. The molecule has 0 aromatic heterocycles. The Labute approximate surface area is 210 Å². The molecule has 1 fully saturated rings. The number of ether oxygens (including phenoxy) is 1. The molecule has 1 amide bonds. The van der Waals surface area contributed by atoms with E-state index >= 15 is 0 Å². The van der Waals surface area contributed by atoms with Crippen molar-refractivity contribution >= 4 is 29.5 Å². The fourth-order valence-electron chi connectivity index (χ4n) is 4.54. The van der Waals surface area contributed by atoms with Crippen molar-refractivity contribution in [3.05, 3.63) is 65.7 Å². The summed E-state index contributed by atoms with van der Waals surface area (Å²) in [6.07, 6.45) is 0.573. The molecule has 1 aliphatic rings. The van der Waals surface area contributed by atoms with Gasteiger partial charge in [0.15, 0.2) is 5.96 Å². The highest BCUT2D eigenvalue weighted by molar-refractivity contribution is 5.92. The highest BCUT2D eigenvalue weighted by atomic mass is 16.5. The molecule has 3 rings (SSSR count). The van der Waals surface area contributed by atoms with Gasteiger partial charge in [-0.05, 0) is 37.0 Å². The number of hydrogen-bond donors (Lipinski definition) is 4. The standard InChI is InChI=1S/C26H33N5O5/c1-17(19-10-6-7-11-21(19)29-25(27)28)22(32)30-26(24(35)36-2)12-14-31(15-13-26)16-20(23(33)34)18-8-4-3-5-9-18/h3-11,17,20H,12-16H2,1-2H3,(H,30,32)(H,33,34)(H4,27,28,29). The number of nitrogens with two attached hydrogens (primary N) is 2. The van der Waals surface area contributed by atoms with E-state index in [1.807, 2.05) is 23.1 Å². The predicted octanol–water partition coefficient (Wildman–Crippen LogP) is 1.69.